The summed E-state index contributed by atoms with van der Waals surface area (Å²) in [4.78, 5) is 26.3. The molecule has 3 aromatic carbocycles. The van der Waals surface area contributed by atoms with Gasteiger partial charge in [-0.15, -0.1) is 0 Å². The van der Waals surface area contributed by atoms with Gasteiger partial charge in [0.2, 0.25) is 5.78 Å². The van der Waals surface area contributed by atoms with Crippen molar-refractivity contribution < 1.29 is 23.5 Å². The van der Waals surface area contributed by atoms with Crippen LogP contribution in [-0.2, 0) is 0 Å². The Labute approximate surface area is 200 Å². The molecule has 0 saturated carbocycles. The van der Waals surface area contributed by atoms with Crippen molar-refractivity contribution in [2.75, 3.05) is 19.0 Å². The molecule has 0 bridgehead atoms. The number of carbonyl (C=O) groups excluding carboxylic acids is 2. The monoisotopic (exact) mass is 483 g/mol. The maximum atomic E-state index is 13.3. The first-order valence-electron chi connectivity index (χ1n) is 10.1. The van der Waals surface area contributed by atoms with Gasteiger partial charge in [0.15, 0.2) is 11.5 Å². The van der Waals surface area contributed by atoms with Gasteiger partial charge in [-0.2, -0.15) is 0 Å². The Bertz CT molecular complexity index is 1320. The van der Waals surface area contributed by atoms with Crippen LogP contribution < -0.4 is 14.8 Å². The molecule has 1 heterocycles. The van der Waals surface area contributed by atoms with Crippen LogP contribution >= 0.6 is 23.2 Å². The Kier molecular flexibility index (Phi) is 6.58. The fourth-order valence-corrected chi connectivity index (χ4v) is 4.04. The first-order valence-corrected chi connectivity index (χ1v) is 10.8. The van der Waals surface area contributed by atoms with Crippen molar-refractivity contribution >= 4 is 51.5 Å². The molecular weight excluding hydrogens is 465 g/mol. The second-order valence-corrected chi connectivity index (χ2v) is 7.83. The molecule has 0 atom stereocenters. The van der Waals surface area contributed by atoms with Gasteiger partial charge in [-0.05, 0) is 55.5 Å². The van der Waals surface area contributed by atoms with E-state index in [1.54, 1.807) is 48.5 Å². The van der Waals surface area contributed by atoms with Crippen LogP contribution in [0.4, 0.5) is 5.69 Å². The normalized spacial score (nSPS) is 10.8. The van der Waals surface area contributed by atoms with Crippen molar-refractivity contribution in [3.05, 3.63) is 87.6 Å². The first-order chi connectivity index (χ1) is 15.9. The first kappa shape index (κ1) is 22.7. The summed E-state index contributed by atoms with van der Waals surface area (Å²) in [5, 5.41) is 3.76. The molecule has 0 aliphatic carbocycles. The molecule has 0 unspecified atom stereocenters. The standard InChI is InChI=1S/C25H19Cl2NO5/c1-3-32-16-10-8-14(9-11-16)22(29)24-21(17-6-4-5-7-20(17)33-24)28-25(30)15-12-18(26)23(31-2)19(27)13-15/h4-13H,3H2,1-2H3,(H,28,30). The number of halogens is 2. The van der Waals surface area contributed by atoms with E-state index in [1.807, 2.05) is 6.92 Å². The fraction of sp³-hybridized carbons (Fsp3) is 0.120. The molecule has 1 aromatic heterocycles. The van der Waals surface area contributed by atoms with Gasteiger partial charge in [0.1, 0.15) is 11.3 Å². The topological polar surface area (TPSA) is 77.8 Å². The molecule has 0 spiro atoms. The largest absolute Gasteiger partial charge is 0.494 e. The molecule has 0 aliphatic heterocycles. The predicted molar refractivity (Wildman–Crippen MR) is 128 cm³/mol. The summed E-state index contributed by atoms with van der Waals surface area (Å²) in [6.45, 7) is 2.40. The number of furan rings is 1. The van der Waals surface area contributed by atoms with Crippen LogP contribution in [0.2, 0.25) is 10.0 Å². The van der Waals surface area contributed by atoms with Gasteiger partial charge in [-0.3, -0.25) is 9.59 Å². The summed E-state index contributed by atoms with van der Waals surface area (Å²) in [5.41, 5.74) is 1.32. The molecule has 6 nitrogen and oxygen atoms in total. The van der Waals surface area contributed by atoms with E-state index in [0.717, 1.165) is 0 Å². The van der Waals surface area contributed by atoms with E-state index in [9.17, 15) is 9.59 Å². The van der Waals surface area contributed by atoms with Crippen LogP contribution in [-0.4, -0.2) is 25.4 Å². The Hall–Kier alpha value is -3.48. The Balaban J connectivity index is 1.72. The minimum absolute atomic E-state index is 0.0133. The minimum Gasteiger partial charge on any atom is -0.494 e. The highest BCUT2D eigenvalue weighted by molar-refractivity contribution is 6.38. The summed E-state index contributed by atoms with van der Waals surface area (Å²) in [7, 11) is 1.43. The van der Waals surface area contributed by atoms with Gasteiger partial charge < -0.3 is 19.2 Å². The number of para-hydroxylation sites is 1. The summed E-state index contributed by atoms with van der Waals surface area (Å²) in [5.74, 6) is 0.0546. The van der Waals surface area contributed by atoms with E-state index in [1.165, 1.54) is 19.2 Å². The number of methoxy groups -OCH3 is 1. The SMILES string of the molecule is CCOc1ccc(C(=O)c2oc3ccccc3c2NC(=O)c2cc(Cl)c(OC)c(Cl)c2)cc1. The molecule has 0 saturated heterocycles. The highest BCUT2D eigenvalue weighted by Gasteiger charge is 2.24. The number of benzene rings is 3. The number of ketones is 1. The molecule has 4 aromatic rings. The van der Waals surface area contributed by atoms with Gasteiger partial charge in [0, 0.05) is 16.5 Å². The molecule has 8 heteroatoms. The number of anilines is 1. The summed E-state index contributed by atoms with van der Waals surface area (Å²) >= 11 is 12.4. The molecule has 0 aliphatic rings. The number of fused-ring (bicyclic) bond motifs is 1. The summed E-state index contributed by atoms with van der Waals surface area (Å²) < 4.78 is 16.4. The quantitative estimate of drug-likeness (QED) is 0.298. The number of nitrogens with one attached hydrogen (secondary N) is 1. The second-order valence-electron chi connectivity index (χ2n) is 7.02. The molecular formula is C25H19Cl2NO5. The van der Waals surface area contributed by atoms with Gasteiger partial charge in [0.05, 0.1) is 29.4 Å². The lowest BCUT2D eigenvalue weighted by Crippen LogP contribution is -2.14. The third kappa shape index (κ3) is 4.53. The third-order valence-corrected chi connectivity index (χ3v) is 5.49. The van der Waals surface area contributed by atoms with E-state index in [0.29, 0.717) is 28.9 Å². The zero-order valence-electron chi connectivity index (χ0n) is 17.8. The van der Waals surface area contributed by atoms with Crippen molar-refractivity contribution in [3.63, 3.8) is 0 Å². The predicted octanol–water partition coefficient (Wildman–Crippen LogP) is 6.63. The van der Waals surface area contributed by atoms with Crippen molar-refractivity contribution in [1.82, 2.24) is 0 Å². The van der Waals surface area contributed by atoms with Gasteiger partial charge in [-0.25, -0.2) is 0 Å². The van der Waals surface area contributed by atoms with Crippen molar-refractivity contribution in [1.29, 1.82) is 0 Å². The Morgan fingerprint density at radius 3 is 2.27 bits per heavy atom. The minimum atomic E-state index is -0.506. The fourth-order valence-electron chi connectivity index (χ4n) is 3.40. The van der Waals surface area contributed by atoms with E-state index < -0.39 is 5.91 Å². The molecule has 0 radical (unpaired) electrons. The number of hydrogen-bond donors (Lipinski definition) is 1. The van der Waals surface area contributed by atoms with Gasteiger partial charge in [0.25, 0.3) is 5.91 Å². The van der Waals surface area contributed by atoms with Crippen LogP contribution in [0.15, 0.2) is 65.1 Å². The van der Waals surface area contributed by atoms with Gasteiger partial charge >= 0.3 is 0 Å². The number of amides is 1. The van der Waals surface area contributed by atoms with E-state index >= 15 is 0 Å². The Morgan fingerprint density at radius 1 is 0.970 bits per heavy atom. The average Bonchev–Trinajstić information content (AvgIpc) is 3.17. The molecule has 0 fully saturated rings. The molecule has 1 amide bonds. The maximum Gasteiger partial charge on any atom is 0.255 e. The van der Waals surface area contributed by atoms with Crippen molar-refractivity contribution in [2.45, 2.75) is 6.92 Å². The van der Waals surface area contributed by atoms with Crippen LogP contribution in [0.1, 0.15) is 33.4 Å². The molecule has 1 N–H and O–H groups in total. The number of rotatable bonds is 7. The molecule has 33 heavy (non-hydrogen) atoms. The molecule has 168 valence electrons. The number of ether oxygens (including phenoxy) is 2. The third-order valence-electron chi connectivity index (χ3n) is 4.93. The smallest absolute Gasteiger partial charge is 0.255 e. The van der Waals surface area contributed by atoms with E-state index in [-0.39, 0.29) is 38.6 Å². The average molecular weight is 484 g/mol. The number of hydrogen-bond acceptors (Lipinski definition) is 5. The van der Waals surface area contributed by atoms with Crippen LogP contribution in [0.5, 0.6) is 11.5 Å². The number of carbonyl (C=O) groups is 2. The van der Waals surface area contributed by atoms with Crippen LogP contribution in [0.3, 0.4) is 0 Å². The van der Waals surface area contributed by atoms with E-state index in [2.05, 4.69) is 5.32 Å². The second kappa shape index (κ2) is 9.57. The Morgan fingerprint density at radius 2 is 1.64 bits per heavy atom. The van der Waals surface area contributed by atoms with Gasteiger partial charge in [-0.1, -0.05) is 35.3 Å². The maximum absolute atomic E-state index is 13.3. The van der Waals surface area contributed by atoms with Crippen molar-refractivity contribution in [2.24, 2.45) is 0 Å². The lowest BCUT2D eigenvalue weighted by molar-refractivity contribution is 0.101. The molecule has 4 rings (SSSR count). The van der Waals surface area contributed by atoms with Crippen LogP contribution in [0.25, 0.3) is 11.0 Å². The summed E-state index contributed by atoms with van der Waals surface area (Å²) in [6.07, 6.45) is 0. The van der Waals surface area contributed by atoms with Crippen molar-refractivity contribution in [3.8, 4) is 11.5 Å². The zero-order chi connectivity index (χ0) is 23.5. The van der Waals surface area contributed by atoms with Crippen LogP contribution in [0, 0.1) is 0 Å². The lowest BCUT2D eigenvalue weighted by Gasteiger charge is -2.10. The van der Waals surface area contributed by atoms with E-state index in [4.69, 9.17) is 37.1 Å². The highest BCUT2D eigenvalue weighted by atomic mass is 35.5. The zero-order valence-corrected chi connectivity index (χ0v) is 19.3. The highest BCUT2D eigenvalue weighted by Crippen LogP contribution is 2.36. The lowest BCUT2D eigenvalue weighted by atomic mass is 10.1. The summed E-state index contributed by atoms with van der Waals surface area (Å²) in [6, 6.07) is 16.7.